The third-order valence-corrected chi connectivity index (χ3v) is 7.09. The zero-order valence-electron chi connectivity index (χ0n) is 16.5. The van der Waals surface area contributed by atoms with E-state index in [0.717, 1.165) is 25.2 Å². The van der Waals surface area contributed by atoms with Crippen molar-refractivity contribution in [3.8, 4) is 5.75 Å². The van der Waals surface area contributed by atoms with Crippen LogP contribution < -0.4 is 4.74 Å². The van der Waals surface area contributed by atoms with Gasteiger partial charge in [0.25, 0.3) is 0 Å². The Kier molecular flexibility index (Phi) is 5.89. The fourth-order valence-electron chi connectivity index (χ4n) is 3.46. The van der Waals surface area contributed by atoms with E-state index < -0.39 is 10.0 Å². The fraction of sp³-hybridized carbons (Fsp3) is 0.429. The van der Waals surface area contributed by atoms with Crippen molar-refractivity contribution in [2.75, 3.05) is 33.3 Å². The average Bonchev–Trinajstić information content (AvgIpc) is 2.65. The third-order valence-electron chi connectivity index (χ3n) is 5.17. The summed E-state index contributed by atoms with van der Waals surface area (Å²) in [5.41, 5.74) is 4.75. The first-order valence-electron chi connectivity index (χ1n) is 9.24. The fourth-order valence-corrected chi connectivity index (χ4v) is 5.13. The Balaban J connectivity index is 1.71. The number of methoxy groups -OCH3 is 1. The minimum Gasteiger partial charge on any atom is -0.495 e. The number of rotatable bonds is 5. The van der Waals surface area contributed by atoms with E-state index in [9.17, 15) is 8.42 Å². The summed E-state index contributed by atoms with van der Waals surface area (Å²) in [6.45, 7) is 9.40. The lowest BCUT2D eigenvalue weighted by Gasteiger charge is -2.34. The van der Waals surface area contributed by atoms with Crippen LogP contribution in [0.15, 0.2) is 41.3 Å². The molecule has 0 aliphatic carbocycles. The smallest absolute Gasteiger partial charge is 0.246 e. The first-order valence-corrected chi connectivity index (χ1v) is 10.7. The van der Waals surface area contributed by atoms with Crippen molar-refractivity contribution < 1.29 is 13.2 Å². The summed E-state index contributed by atoms with van der Waals surface area (Å²) >= 11 is 0. The lowest BCUT2D eigenvalue weighted by atomic mass is 10.1. The van der Waals surface area contributed by atoms with Crippen LogP contribution in [0, 0.1) is 20.8 Å². The van der Waals surface area contributed by atoms with Gasteiger partial charge in [-0.2, -0.15) is 4.31 Å². The van der Waals surface area contributed by atoms with E-state index in [1.54, 1.807) is 16.4 Å². The maximum absolute atomic E-state index is 13.1. The predicted molar refractivity (Wildman–Crippen MR) is 108 cm³/mol. The first kappa shape index (κ1) is 19.9. The maximum atomic E-state index is 13.1. The van der Waals surface area contributed by atoms with Crippen molar-refractivity contribution in [3.05, 3.63) is 58.7 Å². The molecule has 1 saturated heterocycles. The summed E-state index contributed by atoms with van der Waals surface area (Å²) in [6.07, 6.45) is 0. The van der Waals surface area contributed by atoms with Gasteiger partial charge in [0, 0.05) is 32.7 Å². The van der Waals surface area contributed by atoms with Crippen molar-refractivity contribution in [1.29, 1.82) is 0 Å². The second-order valence-corrected chi connectivity index (χ2v) is 9.17. The van der Waals surface area contributed by atoms with Gasteiger partial charge in [-0.15, -0.1) is 0 Å². The molecule has 1 aliphatic rings. The van der Waals surface area contributed by atoms with Gasteiger partial charge in [-0.05, 0) is 49.6 Å². The Morgan fingerprint density at radius 3 is 2.22 bits per heavy atom. The summed E-state index contributed by atoms with van der Waals surface area (Å²) in [6, 6.07) is 11.8. The van der Waals surface area contributed by atoms with Crippen molar-refractivity contribution in [1.82, 2.24) is 9.21 Å². The number of hydrogen-bond acceptors (Lipinski definition) is 4. The summed E-state index contributed by atoms with van der Waals surface area (Å²) in [4.78, 5) is 2.58. The van der Waals surface area contributed by atoms with Crippen LogP contribution in [0.1, 0.15) is 22.3 Å². The Morgan fingerprint density at radius 1 is 0.926 bits per heavy atom. The molecule has 0 aromatic heterocycles. The minimum absolute atomic E-state index is 0.257. The van der Waals surface area contributed by atoms with Gasteiger partial charge in [0.05, 0.1) is 7.11 Å². The van der Waals surface area contributed by atoms with E-state index in [0.29, 0.717) is 18.8 Å². The highest BCUT2D eigenvalue weighted by Gasteiger charge is 2.31. The number of nitrogens with zero attached hydrogens (tertiary/aromatic N) is 2. The number of sulfonamides is 1. The van der Waals surface area contributed by atoms with Crippen LogP contribution in [0.25, 0.3) is 0 Å². The maximum Gasteiger partial charge on any atom is 0.246 e. The van der Waals surface area contributed by atoms with Crippen LogP contribution >= 0.6 is 0 Å². The average molecular weight is 389 g/mol. The molecule has 27 heavy (non-hydrogen) atoms. The monoisotopic (exact) mass is 388 g/mol. The van der Waals surface area contributed by atoms with Crippen LogP contribution in [0.4, 0.5) is 0 Å². The summed E-state index contributed by atoms with van der Waals surface area (Å²) in [5, 5.41) is 0. The van der Waals surface area contributed by atoms with E-state index in [2.05, 4.69) is 36.9 Å². The molecule has 0 bridgehead atoms. The van der Waals surface area contributed by atoms with Crippen LogP contribution in [0.2, 0.25) is 0 Å². The van der Waals surface area contributed by atoms with Crippen LogP contribution in [0.3, 0.4) is 0 Å². The molecule has 0 amide bonds. The van der Waals surface area contributed by atoms with Gasteiger partial charge in [0.15, 0.2) is 0 Å². The second kappa shape index (κ2) is 8.00. The van der Waals surface area contributed by atoms with Crippen molar-refractivity contribution in [2.24, 2.45) is 0 Å². The van der Waals surface area contributed by atoms with Gasteiger partial charge < -0.3 is 4.74 Å². The standard InChI is InChI=1S/C21H28N2O3S/c1-16-5-7-18(3)19(13-16)15-22-9-11-23(12-10-22)27(24,25)21-14-17(2)6-8-20(21)26-4/h5-8,13-14H,9-12,15H2,1-4H3. The van der Waals surface area contributed by atoms with Gasteiger partial charge >= 0.3 is 0 Å². The molecule has 1 heterocycles. The van der Waals surface area contributed by atoms with E-state index in [1.807, 2.05) is 13.0 Å². The topological polar surface area (TPSA) is 49.9 Å². The summed E-state index contributed by atoms with van der Waals surface area (Å²) in [7, 11) is -2.05. The number of ether oxygens (including phenoxy) is 1. The van der Waals surface area contributed by atoms with Gasteiger partial charge in [0.2, 0.25) is 10.0 Å². The predicted octanol–water partition coefficient (Wildman–Crippen LogP) is 3.13. The molecule has 0 spiro atoms. The lowest BCUT2D eigenvalue weighted by Crippen LogP contribution is -2.48. The molecule has 1 aliphatic heterocycles. The first-order chi connectivity index (χ1) is 12.8. The molecule has 5 nitrogen and oxygen atoms in total. The quantitative estimate of drug-likeness (QED) is 0.790. The van der Waals surface area contributed by atoms with Crippen LogP contribution in [-0.2, 0) is 16.6 Å². The third kappa shape index (κ3) is 4.34. The van der Waals surface area contributed by atoms with Crippen LogP contribution in [-0.4, -0.2) is 50.9 Å². The molecular weight excluding hydrogens is 360 g/mol. The van der Waals surface area contributed by atoms with Crippen molar-refractivity contribution in [2.45, 2.75) is 32.2 Å². The minimum atomic E-state index is -3.56. The van der Waals surface area contributed by atoms with E-state index >= 15 is 0 Å². The molecule has 0 N–H and O–H groups in total. The Bertz CT molecular complexity index is 917. The van der Waals surface area contributed by atoms with E-state index in [-0.39, 0.29) is 4.90 Å². The van der Waals surface area contributed by atoms with Crippen molar-refractivity contribution in [3.63, 3.8) is 0 Å². The highest BCUT2D eigenvalue weighted by molar-refractivity contribution is 7.89. The molecule has 0 radical (unpaired) electrons. The highest BCUT2D eigenvalue weighted by atomic mass is 32.2. The summed E-state index contributed by atoms with van der Waals surface area (Å²) in [5.74, 6) is 0.401. The number of hydrogen-bond donors (Lipinski definition) is 0. The highest BCUT2D eigenvalue weighted by Crippen LogP contribution is 2.28. The molecule has 0 unspecified atom stereocenters. The molecule has 0 atom stereocenters. The zero-order chi connectivity index (χ0) is 19.6. The second-order valence-electron chi connectivity index (χ2n) is 7.26. The normalized spacial score (nSPS) is 16.4. The largest absolute Gasteiger partial charge is 0.495 e. The van der Waals surface area contributed by atoms with Gasteiger partial charge in [0.1, 0.15) is 10.6 Å². The van der Waals surface area contributed by atoms with Gasteiger partial charge in [-0.3, -0.25) is 4.90 Å². The van der Waals surface area contributed by atoms with Crippen molar-refractivity contribution >= 4 is 10.0 Å². The Labute approximate surface area is 162 Å². The molecule has 0 saturated carbocycles. The summed E-state index contributed by atoms with van der Waals surface area (Å²) < 4.78 is 33.1. The number of benzene rings is 2. The molecule has 2 aromatic rings. The Hall–Kier alpha value is -1.89. The number of aryl methyl sites for hydroxylation is 3. The molecule has 2 aromatic carbocycles. The molecule has 6 heteroatoms. The molecule has 146 valence electrons. The van der Waals surface area contributed by atoms with E-state index in [4.69, 9.17) is 4.74 Å². The van der Waals surface area contributed by atoms with E-state index in [1.165, 1.54) is 23.8 Å². The lowest BCUT2D eigenvalue weighted by molar-refractivity contribution is 0.181. The van der Waals surface area contributed by atoms with Gasteiger partial charge in [-0.25, -0.2) is 8.42 Å². The Morgan fingerprint density at radius 2 is 1.56 bits per heavy atom. The van der Waals surface area contributed by atoms with Gasteiger partial charge in [-0.1, -0.05) is 29.8 Å². The molecule has 1 fully saturated rings. The zero-order valence-corrected chi connectivity index (χ0v) is 17.3. The molecule has 3 rings (SSSR count). The SMILES string of the molecule is COc1ccc(C)cc1S(=O)(=O)N1CCN(Cc2cc(C)ccc2C)CC1. The molecular formula is C21H28N2O3S. The van der Waals surface area contributed by atoms with Crippen LogP contribution in [0.5, 0.6) is 5.75 Å². The number of piperazine rings is 1.